The van der Waals surface area contributed by atoms with Crippen LogP contribution in [0.2, 0.25) is 5.02 Å². The van der Waals surface area contributed by atoms with Crippen LogP contribution in [0, 0.1) is 5.82 Å². The minimum absolute atomic E-state index is 0.0562. The number of anilines is 1. The summed E-state index contributed by atoms with van der Waals surface area (Å²) in [4.78, 5) is 12.0. The van der Waals surface area contributed by atoms with E-state index in [1.165, 1.54) is 12.1 Å². The number of hydrogen-bond acceptors (Lipinski definition) is 1. The minimum Gasteiger partial charge on any atom is -0.337 e. The van der Waals surface area contributed by atoms with Crippen LogP contribution < -0.4 is 10.6 Å². The van der Waals surface area contributed by atoms with Crippen molar-refractivity contribution in [3.8, 4) is 0 Å². The van der Waals surface area contributed by atoms with Gasteiger partial charge in [-0.1, -0.05) is 29.8 Å². The van der Waals surface area contributed by atoms with Gasteiger partial charge in [0.1, 0.15) is 5.82 Å². The molecule has 5 heteroatoms. The maximum atomic E-state index is 13.0. The number of hydrogen-bond donors (Lipinski definition) is 2. The van der Waals surface area contributed by atoms with E-state index in [-0.39, 0.29) is 17.3 Å². The SMILES string of the molecule is O=C(NCC1(c2ccc(F)cc2)CC1)Nc1cccc(Cl)c1. The van der Waals surface area contributed by atoms with Crippen molar-refractivity contribution in [3.05, 3.63) is 64.9 Å². The van der Waals surface area contributed by atoms with Gasteiger partial charge in [0.15, 0.2) is 0 Å². The topological polar surface area (TPSA) is 41.1 Å². The molecule has 3 rings (SSSR count). The monoisotopic (exact) mass is 318 g/mol. The summed E-state index contributed by atoms with van der Waals surface area (Å²) in [6.07, 6.45) is 1.99. The van der Waals surface area contributed by atoms with E-state index in [1.807, 2.05) is 0 Å². The molecule has 0 heterocycles. The van der Waals surface area contributed by atoms with Crippen molar-refractivity contribution < 1.29 is 9.18 Å². The average Bonchev–Trinajstić information content (AvgIpc) is 3.27. The van der Waals surface area contributed by atoms with Crippen molar-refractivity contribution in [2.75, 3.05) is 11.9 Å². The van der Waals surface area contributed by atoms with Crippen LogP contribution in [0.4, 0.5) is 14.9 Å². The Hall–Kier alpha value is -2.07. The standard InChI is InChI=1S/C17H16ClFN2O/c18-13-2-1-3-15(10-13)21-16(22)20-11-17(8-9-17)12-4-6-14(19)7-5-12/h1-7,10H,8-9,11H2,(H2,20,21,22). The maximum Gasteiger partial charge on any atom is 0.319 e. The zero-order chi connectivity index (χ0) is 15.6. The van der Waals surface area contributed by atoms with Crippen LogP contribution in [-0.2, 0) is 5.41 Å². The van der Waals surface area contributed by atoms with Crippen LogP contribution in [0.5, 0.6) is 0 Å². The Morgan fingerprint density at radius 2 is 1.91 bits per heavy atom. The summed E-state index contributed by atoms with van der Waals surface area (Å²) in [7, 11) is 0. The summed E-state index contributed by atoms with van der Waals surface area (Å²) in [5.41, 5.74) is 1.66. The van der Waals surface area contributed by atoms with Gasteiger partial charge in [0, 0.05) is 22.7 Å². The molecule has 3 nitrogen and oxygen atoms in total. The molecule has 0 radical (unpaired) electrons. The summed E-state index contributed by atoms with van der Waals surface area (Å²) in [5.74, 6) is -0.244. The normalized spacial score (nSPS) is 15.2. The predicted octanol–water partition coefficient (Wildman–Crippen LogP) is 4.33. The smallest absolute Gasteiger partial charge is 0.319 e. The van der Waals surface area contributed by atoms with Gasteiger partial charge in [-0.15, -0.1) is 0 Å². The highest BCUT2D eigenvalue weighted by atomic mass is 35.5. The second-order valence-electron chi connectivity index (χ2n) is 5.61. The molecule has 0 unspecified atom stereocenters. The molecular weight excluding hydrogens is 303 g/mol. The summed E-state index contributed by atoms with van der Waals surface area (Å²) in [6, 6.07) is 13.2. The number of nitrogens with one attached hydrogen (secondary N) is 2. The summed E-state index contributed by atoms with van der Waals surface area (Å²) in [5, 5.41) is 6.20. The predicted molar refractivity (Wildman–Crippen MR) is 85.8 cm³/mol. The van der Waals surface area contributed by atoms with Crippen LogP contribution >= 0.6 is 11.6 Å². The van der Waals surface area contributed by atoms with Gasteiger partial charge >= 0.3 is 6.03 Å². The third kappa shape index (κ3) is 3.39. The Kier molecular flexibility index (Phi) is 4.03. The second kappa shape index (κ2) is 5.97. The fraction of sp³-hybridized carbons (Fsp3) is 0.235. The van der Waals surface area contributed by atoms with Crippen molar-refractivity contribution in [1.29, 1.82) is 0 Å². The molecule has 0 aliphatic heterocycles. The van der Waals surface area contributed by atoms with Crippen LogP contribution in [0.3, 0.4) is 0 Å². The number of urea groups is 1. The third-order valence-corrected chi connectivity index (χ3v) is 4.22. The molecule has 2 amide bonds. The Morgan fingerprint density at radius 1 is 1.18 bits per heavy atom. The second-order valence-corrected chi connectivity index (χ2v) is 6.04. The minimum atomic E-state index is -0.268. The maximum absolute atomic E-state index is 13.0. The summed E-state index contributed by atoms with van der Waals surface area (Å²) in [6.45, 7) is 0.533. The van der Waals surface area contributed by atoms with Crippen LogP contribution in [0.15, 0.2) is 48.5 Å². The van der Waals surface area contributed by atoms with Gasteiger partial charge in [-0.25, -0.2) is 9.18 Å². The fourth-order valence-corrected chi connectivity index (χ4v) is 2.70. The van der Waals surface area contributed by atoms with Gasteiger partial charge in [-0.05, 0) is 48.7 Å². The Labute approximate surface area is 133 Å². The van der Waals surface area contributed by atoms with E-state index >= 15 is 0 Å². The highest BCUT2D eigenvalue weighted by Crippen LogP contribution is 2.47. The number of carbonyl (C=O) groups excluding carboxylic acids is 1. The summed E-state index contributed by atoms with van der Waals surface area (Å²) < 4.78 is 13.0. The molecule has 114 valence electrons. The molecule has 2 aromatic rings. The third-order valence-electron chi connectivity index (χ3n) is 3.98. The van der Waals surface area contributed by atoms with Crippen LogP contribution in [0.25, 0.3) is 0 Å². The number of halogens is 2. The molecule has 0 saturated heterocycles. The lowest BCUT2D eigenvalue weighted by Crippen LogP contribution is -2.35. The van der Waals surface area contributed by atoms with E-state index in [1.54, 1.807) is 36.4 Å². The van der Waals surface area contributed by atoms with Crippen molar-refractivity contribution in [2.24, 2.45) is 0 Å². The van der Waals surface area contributed by atoms with Gasteiger partial charge < -0.3 is 10.6 Å². The van der Waals surface area contributed by atoms with Gasteiger partial charge in [0.2, 0.25) is 0 Å². The lowest BCUT2D eigenvalue weighted by molar-refractivity contribution is 0.251. The molecule has 1 aliphatic carbocycles. The lowest BCUT2D eigenvalue weighted by Gasteiger charge is -2.17. The number of rotatable bonds is 4. The van der Waals surface area contributed by atoms with Crippen molar-refractivity contribution in [1.82, 2.24) is 5.32 Å². The number of amides is 2. The zero-order valence-electron chi connectivity index (χ0n) is 11.9. The lowest BCUT2D eigenvalue weighted by atomic mass is 9.96. The molecule has 0 atom stereocenters. The quantitative estimate of drug-likeness (QED) is 0.865. The fourth-order valence-electron chi connectivity index (χ4n) is 2.51. The molecule has 2 aromatic carbocycles. The average molecular weight is 319 g/mol. The van der Waals surface area contributed by atoms with E-state index in [2.05, 4.69) is 10.6 Å². The number of carbonyl (C=O) groups is 1. The van der Waals surface area contributed by atoms with E-state index in [0.717, 1.165) is 18.4 Å². The first-order valence-corrected chi connectivity index (χ1v) is 7.52. The van der Waals surface area contributed by atoms with Crippen LogP contribution in [-0.4, -0.2) is 12.6 Å². The van der Waals surface area contributed by atoms with Crippen molar-refractivity contribution >= 4 is 23.3 Å². The first-order valence-electron chi connectivity index (χ1n) is 7.14. The van der Waals surface area contributed by atoms with Gasteiger partial charge in [-0.3, -0.25) is 0 Å². The molecule has 0 bridgehead atoms. The molecular formula is C17H16ClFN2O. The molecule has 1 saturated carbocycles. The molecule has 1 aliphatic rings. The van der Waals surface area contributed by atoms with Gasteiger partial charge in [0.05, 0.1) is 0 Å². The van der Waals surface area contributed by atoms with Crippen molar-refractivity contribution in [2.45, 2.75) is 18.3 Å². The molecule has 22 heavy (non-hydrogen) atoms. The number of benzene rings is 2. The van der Waals surface area contributed by atoms with Crippen LogP contribution in [0.1, 0.15) is 18.4 Å². The highest BCUT2D eigenvalue weighted by molar-refractivity contribution is 6.30. The van der Waals surface area contributed by atoms with E-state index in [4.69, 9.17) is 11.6 Å². The van der Waals surface area contributed by atoms with E-state index < -0.39 is 0 Å². The molecule has 0 aromatic heterocycles. The van der Waals surface area contributed by atoms with Crippen molar-refractivity contribution in [3.63, 3.8) is 0 Å². The van der Waals surface area contributed by atoms with Gasteiger partial charge in [0.25, 0.3) is 0 Å². The van der Waals surface area contributed by atoms with Gasteiger partial charge in [-0.2, -0.15) is 0 Å². The first-order chi connectivity index (χ1) is 10.6. The largest absolute Gasteiger partial charge is 0.337 e. The molecule has 1 fully saturated rings. The Bertz CT molecular complexity index is 683. The van der Waals surface area contributed by atoms with E-state index in [0.29, 0.717) is 17.3 Å². The Balaban J connectivity index is 1.58. The summed E-state index contributed by atoms with van der Waals surface area (Å²) >= 11 is 5.88. The first kappa shape index (κ1) is 14.9. The van der Waals surface area contributed by atoms with E-state index in [9.17, 15) is 9.18 Å². The highest BCUT2D eigenvalue weighted by Gasteiger charge is 2.44. The molecule has 2 N–H and O–H groups in total. The molecule has 0 spiro atoms. The zero-order valence-corrected chi connectivity index (χ0v) is 12.7. The Morgan fingerprint density at radius 3 is 2.55 bits per heavy atom.